The molecule has 1 fully saturated rings. The highest BCUT2D eigenvalue weighted by atomic mass is 19.1. The Bertz CT molecular complexity index is 836. The van der Waals surface area contributed by atoms with Gasteiger partial charge in [-0.25, -0.2) is 9.37 Å². The zero-order valence-corrected chi connectivity index (χ0v) is 17.3. The number of nitrogens with one attached hydrogen (secondary N) is 1. The number of carbonyl (C=O) groups excluding carboxylic acids is 2. The summed E-state index contributed by atoms with van der Waals surface area (Å²) in [5.74, 6) is -0.740. The number of halogens is 1. The zero-order valence-electron chi connectivity index (χ0n) is 17.3. The molecule has 3 rings (SSSR count). The minimum Gasteiger partial charge on any atom is -0.355 e. The highest BCUT2D eigenvalue weighted by Gasteiger charge is 2.19. The second-order valence-corrected chi connectivity index (χ2v) is 7.54. The number of rotatable bonds is 9. The second-order valence-electron chi connectivity index (χ2n) is 7.54. The monoisotopic (exact) mass is 413 g/mol. The molecule has 0 unspecified atom stereocenters. The van der Waals surface area contributed by atoms with E-state index in [0.717, 1.165) is 25.2 Å². The van der Waals surface area contributed by atoms with Crippen molar-refractivity contribution in [2.75, 3.05) is 32.7 Å². The number of benzene rings is 1. The number of carbonyl (C=O) groups is 2. The lowest BCUT2D eigenvalue weighted by molar-refractivity contribution is -0.121. The fraction of sp³-hybridized carbons (Fsp3) is 0.455. The molecule has 2 heterocycles. The molecule has 8 heteroatoms. The fourth-order valence-corrected chi connectivity index (χ4v) is 3.41. The van der Waals surface area contributed by atoms with Gasteiger partial charge in [0, 0.05) is 38.8 Å². The summed E-state index contributed by atoms with van der Waals surface area (Å²) in [5, 5.41) is 2.93. The lowest BCUT2D eigenvalue weighted by Gasteiger charge is -2.22. The minimum absolute atomic E-state index is 0.0962. The van der Waals surface area contributed by atoms with E-state index in [2.05, 4.69) is 20.2 Å². The molecule has 0 saturated carbocycles. The van der Waals surface area contributed by atoms with Crippen LogP contribution in [0.5, 0.6) is 0 Å². The summed E-state index contributed by atoms with van der Waals surface area (Å²) in [4.78, 5) is 37.4. The first-order valence-corrected chi connectivity index (χ1v) is 10.3. The van der Waals surface area contributed by atoms with Crippen LogP contribution in [0, 0.1) is 12.7 Å². The predicted molar refractivity (Wildman–Crippen MR) is 111 cm³/mol. The summed E-state index contributed by atoms with van der Waals surface area (Å²) in [6, 6.07) is 5.97. The Balaban J connectivity index is 1.58. The average molecular weight is 413 g/mol. The van der Waals surface area contributed by atoms with E-state index < -0.39 is 0 Å². The van der Waals surface area contributed by atoms with Gasteiger partial charge in [-0.3, -0.25) is 14.6 Å². The van der Waals surface area contributed by atoms with Crippen LogP contribution in [0.4, 0.5) is 4.39 Å². The summed E-state index contributed by atoms with van der Waals surface area (Å²) in [6.45, 7) is 5.93. The van der Waals surface area contributed by atoms with Crippen LogP contribution in [0.25, 0.3) is 0 Å². The Kier molecular flexibility index (Phi) is 7.84. The molecule has 1 N–H and O–H groups in total. The summed E-state index contributed by atoms with van der Waals surface area (Å²) < 4.78 is 13.2. The van der Waals surface area contributed by atoms with Crippen molar-refractivity contribution in [3.63, 3.8) is 0 Å². The Morgan fingerprint density at radius 2 is 1.87 bits per heavy atom. The van der Waals surface area contributed by atoms with Gasteiger partial charge in [0.25, 0.3) is 5.91 Å². The van der Waals surface area contributed by atoms with Gasteiger partial charge < -0.3 is 15.1 Å². The number of aryl methyl sites for hydroxylation is 1. The lowest BCUT2D eigenvalue weighted by atomic mass is 10.2. The molecule has 2 amide bonds. The van der Waals surface area contributed by atoms with E-state index in [1.54, 1.807) is 24.0 Å². The normalized spacial score (nSPS) is 13.9. The molecule has 0 atom stereocenters. The molecule has 1 aromatic heterocycles. The van der Waals surface area contributed by atoms with Crippen molar-refractivity contribution in [1.82, 2.24) is 25.1 Å². The molecule has 2 aromatic rings. The minimum atomic E-state index is -0.335. The molecule has 1 saturated heterocycles. The molecule has 7 nitrogen and oxygen atoms in total. The highest BCUT2D eigenvalue weighted by molar-refractivity contribution is 5.92. The van der Waals surface area contributed by atoms with E-state index >= 15 is 0 Å². The van der Waals surface area contributed by atoms with Crippen molar-refractivity contribution in [2.45, 2.75) is 32.7 Å². The van der Waals surface area contributed by atoms with Gasteiger partial charge in [-0.05, 0) is 50.6 Å². The second kappa shape index (κ2) is 10.8. The smallest absolute Gasteiger partial charge is 0.274 e. The van der Waals surface area contributed by atoms with Crippen LogP contribution in [-0.2, 0) is 11.3 Å². The van der Waals surface area contributed by atoms with Gasteiger partial charge in [0.1, 0.15) is 11.5 Å². The maximum atomic E-state index is 13.2. The summed E-state index contributed by atoms with van der Waals surface area (Å²) in [5.41, 5.74) is 1.71. The molecule has 0 radical (unpaired) electrons. The van der Waals surface area contributed by atoms with Gasteiger partial charge in [-0.2, -0.15) is 0 Å². The highest BCUT2D eigenvalue weighted by Crippen LogP contribution is 2.11. The van der Waals surface area contributed by atoms with Crippen LogP contribution in [0.3, 0.4) is 0 Å². The van der Waals surface area contributed by atoms with E-state index in [4.69, 9.17) is 0 Å². The molecule has 1 aliphatic rings. The van der Waals surface area contributed by atoms with Crippen LogP contribution in [0.1, 0.15) is 41.0 Å². The fourth-order valence-electron chi connectivity index (χ4n) is 3.41. The first kappa shape index (κ1) is 21.8. The quantitative estimate of drug-likeness (QED) is 0.682. The molecule has 0 spiro atoms. The SMILES string of the molecule is Cc1cnc(C(=O)N(CCC(=O)NCCN2CCCC2)Cc2ccc(F)cc2)cn1. The lowest BCUT2D eigenvalue weighted by Crippen LogP contribution is -2.37. The summed E-state index contributed by atoms with van der Waals surface area (Å²) >= 11 is 0. The molecular weight excluding hydrogens is 385 g/mol. The first-order valence-electron chi connectivity index (χ1n) is 10.3. The van der Waals surface area contributed by atoms with Crippen molar-refractivity contribution in [3.8, 4) is 0 Å². The molecule has 1 aliphatic heterocycles. The third-order valence-corrected chi connectivity index (χ3v) is 5.13. The molecule has 160 valence electrons. The maximum Gasteiger partial charge on any atom is 0.274 e. The Morgan fingerprint density at radius 1 is 1.13 bits per heavy atom. The van der Waals surface area contributed by atoms with Crippen LogP contribution in [0.15, 0.2) is 36.7 Å². The van der Waals surface area contributed by atoms with E-state index in [0.29, 0.717) is 12.2 Å². The van der Waals surface area contributed by atoms with E-state index in [-0.39, 0.29) is 42.8 Å². The van der Waals surface area contributed by atoms with E-state index in [1.807, 2.05) is 0 Å². The van der Waals surface area contributed by atoms with Gasteiger partial charge in [0.15, 0.2) is 0 Å². The Hall–Kier alpha value is -2.87. The van der Waals surface area contributed by atoms with Crippen LogP contribution < -0.4 is 5.32 Å². The first-order chi connectivity index (χ1) is 14.5. The van der Waals surface area contributed by atoms with Crippen molar-refractivity contribution in [3.05, 3.63) is 59.4 Å². The topological polar surface area (TPSA) is 78.4 Å². The van der Waals surface area contributed by atoms with E-state index in [9.17, 15) is 14.0 Å². The number of likely N-dealkylation sites (tertiary alicyclic amines) is 1. The molecule has 0 bridgehead atoms. The van der Waals surface area contributed by atoms with Gasteiger partial charge >= 0.3 is 0 Å². The average Bonchev–Trinajstić information content (AvgIpc) is 3.26. The van der Waals surface area contributed by atoms with Crippen LogP contribution in [0.2, 0.25) is 0 Å². The Labute approximate surface area is 176 Å². The van der Waals surface area contributed by atoms with Crippen molar-refractivity contribution in [1.29, 1.82) is 0 Å². The molecule has 1 aromatic carbocycles. The number of aromatic nitrogens is 2. The Morgan fingerprint density at radius 3 is 2.53 bits per heavy atom. The maximum absolute atomic E-state index is 13.2. The number of hydrogen-bond donors (Lipinski definition) is 1. The van der Waals surface area contributed by atoms with E-state index in [1.165, 1.54) is 37.4 Å². The van der Waals surface area contributed by atoms with Crippen LogP contribution >= 0.6 is 0 Å². The third-order valence-electron chi connectivity index (χ3n) is 5.13. The van der Waals surface area contributed by atoms with Crippen molar-refractivity contribution in [2.24, 2.45) is 0 Å². The van der Waals surface area contributed by atoms with Crippen LogP contribution in [-0.4, -0.2) is 64.3 Å². The molecule has 0 aliphatic carbocycles. The van der Waals surface area contributed by atoms with Gasteiger partial charge in [0.2, 0.25) is 5.91 Å². The number of hydrogen-bond acceptors (Lipinski definition) is 5. The number of amides is 2. The predicted octanol–water partition coefficient (Wildman–Crippen LogP) is 2.17. The zero-order chi connectivity index (χ0) is 21.3. The largest absolute Gasteiger partial charge is 0.355 e. The molecule has 30 heavy (non-hydrogen) atoms. The van der Waals surface area contributed by atoms with Crippen molar-refractivity contribution >= 4 is 11.8 Å². The van der Waals surface area contributed by atoms with Crippen molar-refractivity contribution < 1.29 is 14.0 Å². The van der Waals surface area contributed by atoms with Gasteiger partial charge in [-0.15, -0.1) is 0 Å². The summed E-state index contributed by atoms with van der Waals surface area (Å²) in [7, 11) is 0. The van der Waals surface area contributed by atoms with Gasteiger partial charge in [0.05, 0.1) is 11.9 Å². The number of nitrogens with zero attached hydrogens (tertiary/aromatic N) is 4. The van der Waals surface area contributed by atoms with Gasteiger partial charge in [-0.1, -0.05) is 12.1 Å². The summed E-state index contributed by atoms with van der Waals surface area (Å²) in [6.07, 6.45) is 5.60. The third kappa shape index (κ3) is 6.59. The molecular formula is C22H28FN5O2. The standard InChI is InChI=1S/C22H28FN5O2/c1-17-14-26-20(15-25-17)22(30)28(16-18-4-6-19(23)7-5-18)12-8-21(29)24-9-13-27-10-2-3-11-27/h4-7,14-15H,2-3,8-13,16H2,1H3,(H,24,29).